The number of halogens is 3. The Labute approximate surface area is 142 Å². The quantitative estimate of drug-likeness (QED) is 0.632. The van der Waals surface area contributed by atoms with Crippen LogP contribution in [-0.2, 0) is 0 Å². The highest BCUT2D eigenvalue weighted by molar-refractivity contribution is 6.42. The van der Waals surface area contributed by atoms with E-state index in [1.807, 2.05) is 0 Å². The smallest absolute Gasteiger partial charge is 0.217 e. The zero-order valence-corrected chi connectivity index (χ0v) is 13.6. The van der Waals surface area contributed by atoms with E-state index in [-0.39, 0.29) is 23.9 Å². The van der Waals surface area contributed by atoms with Crippen molar-refractivity contribution in [2.75, 3.05) is 11.9 Å². The Morgan fingerprint density at radius 3 is 2.70 bits per heavy atom. The van der Waals surface area contributed by atoms with Crippen LogP contribution in [0.1, 0.15) is 16.1 Å². The zero-order valence-electron chi connectivity index (χ0n) is 12.1. The molecular weight excluding hydrogens is 340 g/mol. The number of aryl methyl sites for hydroxylation is 1. The first-order valence-electron chi connectivity index (χ1n) is 6.86. The molecule has 0 spiro atoms. The van der Waals surface area contributed by atoms with Gasteiger partial charge in [-0.2, -0.15) is 0 Å². The predicted octanol–water partition coefficient (Wildman–Crippen LogP) is 5.48. The number of fused-ring (bicyclic) bond motifs is 1. The molecule has 1 aromatic heterocycles. The largest absolute Gasteiger partial charge is 0.453 e. The Hall–Kier alpha value is -2.04. The second-order valence-electron chi connectivity index (χ2n) is 5.10. The van der Waals surface area contributed by atoms with Gasteiger partial charge in [-0.15, -0.1) is 0 Å². The predicted molar refractivity (Wildman–Crippen MR) is 90.2 cm³/mol. The maximum Gasteiger partial charge on any atom is 0.217 e. The summed E-state index contributed by atoms with van der Waals surface area (Å²) >= 11 is 11.8. The molecule has 0 aliphatic rings. The van der Waals surface area contributed by atoms with Gasteiger partial charge in [-0.1, -0.05) is 23.2 Å². The number of furan rings is 1. The van der Waals surface area contributed by atoms with Crippen LogP contribution in [0, 0.1) is 12.7 Å². The Balaban J connectivity index is 1.80. The summed E-state index contributed by atoms with van der Waals surface area (Å²) in [4.78, 5) is 12.3. The van der Waals surface area contributed by atoms with E-state index in [1.54, 1.807) is 25.1 Å². The summed E-state index contributed by atoms with van der Waals surface area (Å²) in [5.74, 6) is -0.377. The molecule has 1 heterocycles. The summed E-state index contributed by atoms with van der Waals surface area (Å²) in [5.41, 5.74) is 1.79. The van der Waals surface area contributed by atoms with Crippen LogP contribution in [0.15, 0.2) is 40.8 Å². The van der Waals surface area contributed by atoms with E-state index in [2.05, 4.69) is 5.32 Å². The minimum atomic E-state index is -0.366. The highest BCUT2D eigenvalue weighted by atomic mass is 35.5. The number of Topliss-reactive ketones (excluding diaryl/α,β-unsaturated/α-hetero) is 1. The molecule has 1 N–H and O–H groups in total. The molecule has 0 radical (unpaired) electrons. The number of benzene rings is 2. The first-order valence-corrected chi connectivity index (χ1v) is 7.62. The van der Waals surface area contributed by atoms with Crippen molar-refractivity contribution in [2.24, 2.45) is 0 Å². The molecule has 0 atom stereocenters. The number of nitrogens with one attached hydrogen (secondary N) is 1. The fourth-order valence-electron chi connectivity index (χ4n) is 2.33. The monoisotopic (exact) mass is 351 g/mol. The van der Waals surface area contributed by atoms with Gasteiger partial charge < -0.3 is 9.73 Å². The van der Waals surface area contributed by atoms with Crippen LogP contribution in [0.25, 0.3) is 11.0 Å². The third-order valence-electron chi connectivity index (χ3n) is 3.52. The lowest BCUT2D eigenvalue weighted by Crippen LogP contribution is -2.14. The number of hydrogen-bond donors (Lipinski definition) is 1. The van der Waals surface area contributed by atoms with Crippen molar-refractivity contribution in [3.8, 4) is 0 Å². The van der Waals surface area contributed by atoms with Gasteiger partial charge in [-0.3, -0.25) is 4.79 Å². The minimum absolute atomic E-state index is 0.0289. The maximum absolute atomic E-state index is 13.3. The standard InChI is InChI=1S/C17H12Cl2FNO2/c1-9-12-6-10(20)2-5-16(12)23-17(9)15(22)8-21-11-3-4-13(18)14(19)7-11/h2-7,21H,8H2,1H3. The van der Waals surface area contributed by atoms with Gasteiger partial charge in [0.2, 0.25) is 5.78 Å². The lowest BCUT2D eigenvalue weighted by Gasteiger charge is -2.06. The third-order valence-corrected chi connectivity index (χ3v) is 4.26. The van der Waals surface area contributed by atoms with E-state index < -0.39 is 0 Å². The Bertz CT molecular complexity index is 905. The van der Waals surface area contributed by atoms with Crippen LogP contribution in [0.2, 0.25) is 10.0 Å². The van der Waals surface area contributed by atoms with Gasteiger partial charge in [0.25, 0.3) is 0 Å². The molecule has 0 aliphatic heterocycles. The highest BCUT2D eigenvalue weighted by Gasteiger charge is 2.17. The van der Waals surface area contributed by atoms with Crippen molar-refractivity contribution in [1.82, 2.24) is 0 Å². The average Bonchev–Trinajstić information content (AvgIpc) is 2.85. The summed E-state index contributed by atoms with van der Waals surface area (Å²) in [5, 5.41) is 4.41. The van der Waals surface area contributed by atoms with Crippen LogP contribution < -0.4 is 5.32 Å². The van der Waals surface area contributed by atoms with Gasteiger partial charge in [-0.25, -0.2) is 4.39 Å². The molecule has 3 nitrogen and oxygen atoms in total. The molecule has 0 fully saturated rings. The van der Waals surface area contributed by atoms with Gasteiger partial charge >= 0.3 is 0 Å². The van der Waals surface area contributed by atoms with Crippen LogP contribution in [-0.4, -0.2) is 12.3 Å². The Morgan fingerprint density at radius 1 is 1.17 bits per heavy atom. The van der Waals surface area contributed by atoms with E-state index in [0.717, 1.165) is 0 Å². The normalized spacial score (nSPS) is 11.0. The van der Waals surface area contributed by atoms with Gasteiger partial charge in [-0.05, 0) is 43.3 Å². The fraction of sp³-hybridized carbons (Fsp3) is 0.118. The first-order chi connectivity index (χ1) is 11.0. The fourth-order valence-corrected chi connectivity index (χ4v) is 2.63. The van der Waals surface area contributed by atoms with Crippen LogP contribution in [0.4, 0.5) is 10.1 Å². The van der Waals surface area contributed by atoms with Crippen molar-refractivity contribution in [1.29, 1.82) is 0 Å². The van der Waals surface area contributed by atoms with E-state index in [4.69, 9.17) is 27.6 Å². The van der Waals surface area contributed by atoms with E-state index in [9.17, 15) is 9.18 Å². The summed E-state index contributed by atoms with van der Waals surface area (Å²) in [6, 6.07) is 9.18. The lowest BCUT2D eigenvalue weighted by molar-refractivity contribution is 0.0981. The van der Waals surface area contributed by atoms with E-state index in [0.29, 0.717) is 32.3 Å². The Kier molecular flexibility index (Phi) is 4.28. The zero-order chi connectivity index (χ0) is 16.6. The SMILES string of the molecule is Cc1c(C(=O)CNc2ccc(Cl)c(Cl)c2)oc2ccc(F)cc12. The topological polar surface area (TPSA) is 42.2 Å². The molecule has 0 saturated carbocycles. The van der Waals surface area contributed by atoms with Crippen LogP contribution in [0.3, 0.4) is 0 Å². The second-order valence-corrected chi connectivity index (χ2v) is 5.92. The molecule has 6 heteroatoms. The summed E-state index contributed by atoms with van der Waals surface area (Å²) in [6.45, 7) is 1.76. The summed E-state index contributed by atoms with van der Waals surface area (Å²) in [7, 11) is 0. The van der Waals surface area contributed by atoms with Crippen molar-refractivity contribution in [2.45, 2.75) is 6.92 Å². The van der Waals surface area contributed by atoms with Crippen molar-refractivity contribution in [3.05, 3.63) is 63.6 Å². The van der Waals surface area contributed by atoms with Crippen molar-refractivity contribution >= 4 is 45.6 Å². The van der Waals surface area contributed by atoms with Crippen LogP contribution in [0.5, 0.6) is 0 Å². The molecular formula is C17H12Cl2FNO2. The first kappa shape index (κ1) is 15.8. The number of hydrogen-bond acceptors (Lipinski definition) is 3. The molecule has 0 unspecified atom stereocenters. The molecule has 0 amide bonds. The number of anilines is 1. The second kappa shape index (κ2) is 6.22. The van der Waals surface area contributed by atoms with Crippen molar-refractivity contribution < 1.29 is 13.6 Å². The molecule has 23 heavy (non-hydrogen) atoms. The Morgan fingerprint density at radius 2 is 1.96 bits per heavy atom. The summed E-state index contributed by atoms with van der Waals surface area (Å²) in [6.07, 6.45) is 0. The minimum Gasteiger partial charge on any atom is -0.453 e. The number of carbonyl (C=O) groups is 1. The maximum atomic E-state index is 13.3. The van der Waals surface area contributed by atoms with E-state index >= 15 is 0 Å². The third kappa shape index (κ3) is 3.19. The average molecular weight is 352 g/mol. The van der Waals surface area contributed by atoms with Gasteiger partial charge in [0.15, 0.2) is 5.76 Å². The molecule has 3 aromatic rings. The molecule has 0 aliphatic carbocycles. The van der Waals surface area contributed by atoms with Crippen molar-refractivity contribution in [3.63, 3.8) is 0 Å². The number of carbonyl (C=O) groups excluding carboxylic acids is 1. The molecule has 3 rings (SSSR count). The van der Waals surface area contributed by atoms with Gasteiger partial charge in [0.05, 0.1) is 16.6 Å². The molecule has 0 bridgehead atoms. The van der Waals surface area contributed by atoms with E-state index in [1.165, 1.54) is 18.2 Å². The van der Waals surface area contributed by atoms with Gasteiger partial charge in [0, 0.05) is 16.6 Å². The summed E-state index contributed by atoms with van der Waals surface area (Å²) < 4.78 is 18.8. The van der Waals surface area contributed by atoms with Crippen LogP contribution >= 0.6 is 23.2 Å². The molecule has 2 aromatic carbocycles. The molecule has 118 valence electrons. The van der Waals surface area contributed by atoms with Gasteiger partial charge in [0.1, 0.15) is 11.4 Å². The molecule has 0 saturated heterocycles. The lowest BCUT2D eigenvalue weighted by atomic mass is 10.1. The number of rotatable bonds is 4. The number of ketones is 1. The highest BCUT2D eigenvalue weighted by Crippen LogP contribution is 2.27.